The van der Waals surface area contributed by atoms with Crippen molar-refractivity contribution in [2.75, 3.05) is 0 Å². The van der Waals surface area contributed by atoms with E-state index in [4.69, 9.17) is 0 Å². The minimum absolute atomic E-state index is 0.304. The first-order chi connectivity index (χ1) is 5.38. The fourth-order valence-corrected chi connectivity index (χ4v) is 1.21. The molecule has 0 aliphatic carbocycles. The predicted molar refractivity (Wildman–Crippen MR) is 43.4 cm³/mol. The van der Waals surface area contributed by atoms with Crippen LogP contribution in [0.15, 0.2) is 23.6 Å². The molecule has 0 amide bonds. The van der Waals surface area contributed by atoms with Crippen molar-refractivity contribution in [3.05, 3.63) is 29.6 Å². The molecule has 0 spiro atoms. The zero-order chi connectivity index (χ0) is 7.68. The Morgan fingerprint density at radius 3 is 3.27 bits per heavy atom. The zero-order valence-electron chi connectivity index (χ0n) is 6.28. The SMILES string of the molecule is C[C@@H]1NN=Cc2cnccc21. The summed E-state index contributed by atoms with van der Waals surface area (Å²) < 4.78 is 0. The summed E-state index contributed by atoms with van der Waals surface area (Å²) in [6.07, 6.45) is 5.43. The van der Waals surface area contributed by atoms with E-state index >= 15 is 0 Å². The monoisotopic (exact) mass is 147 g/mol. The van der Waals surface area contributed by atoms with E-state index in [2.05, 4.69) is 22.4 Å². The number of hydrogen-bond acceptors (Lipinski definition) is 3. The number of nitrogens with zero attached hydrogens (tertiary/aromatic N) is 2. The van der Waals surface area contributed by atoms with Gasteiger partial charge in [0, 0.05) is 18.0 Å². The van der Waals surface area contributed by atoms with E-state index in [0.717, 1.165) is 5.56 Å². The van der Waals surface area contributed by atoms with Gasteiger partial charge in [-0.3, -0.25) is 4.98 Å². The summed E-state index contributed by atoms with van der Waals surface area (Å²) in [5.74, 6) is 0. The van der Waals surface area contributed by atoms with Crippen LogP contribution < -0.4 is 5.43 Å². The Labute approximate surface area is 65.2 Å². The third-order valence-electron chi connectivity index (χ3n) is 1.83. The molecule has 1 aromatic heterocycles. The number of nitrogens with one attached hydrogen (secondary N) is 1. The Balaban J connectivity index is 2.54. The molecule has 2 heterocycles. The molecule has 0 saturated heterocycles. The highest BCUT2D eigenvalue weighted by Gasteiger charge is 2.10. The van der Waals surface area contributed by atoms with Gasteiger partial charge in [0.05, 0.1) is 12.3 Å². The molecule has 56 valence electrons. The van der Waals surface area contributed by atoms with Crippen molar-refractivity contribution in [2.24, 2.45) is 5.10 Å². The molecular formula is C8H9N3. The third-order valence-corrected chi connectivity index (χ3v) is 1.83. The maximum atomic E-state index is 4.01. The third kappa shape index (κ3) is 0.981. The van der Waals surface area contributed by atoms with Crippen LogP contribution in [0.25, 0.3) is 0 Å². The predicted octanol–water partition coefficient (Wildman–Crippen LogP) is 1.08. The van der Waals surface area contributed by atoms with Crippen LogP contribution >= 0.6 is 0 Å². The van der Waals surface area contributed by atoms with E-state index in [1.54, 1.807) is 12.4 Å². The summed E-state index contributed by atoms with van der Waals surface area (Å²) in [7, 11) is 0. The molecule has 11 heavy (non-hydrogen) atoms. The maximum Gasteiger partial charge on any atom is 0.0668 e. The van der Waals surface area contributed by atoms with Gasteiger partial charge >= 0.3 is 0 Å². The normalized spacial score (nSPS) is 20.6. The molecule has 1 atom stereocenters. The number of fused-ring (bicyclic) bond motifs is 1. The van der Waals surface area contributed by atoms with Crippen molar-refractivity contribution in [3.63, 3.8) is 0 Å². The van der Waals surface area contributed by atoms with E-state index in [9.17, 15) is 0 Å². The lowest BCUT2D eigenvalue weighted by atomic mass is 10.0. The van der Waals surface area contributed by atoms with Crippen LogP contribution in [-0.2, 0) is 0 Å². The van der Waals surface area contributed by atoms with Gasteiger partial charge in [0.25, 0.3) is 0 Å². The van der Waals surface area contributed by atoms with Gasteiger partial charge < -0.3 is 5.43 Å². The van der Waals surface area contributed by atoms with Crippen molar-refractivity contribution in [2.45, 2.75) is 13.0 Å². The molecule has 0 aromatic carbocycles. The Hall–Kier alpha value is -1.38. The molecule has 2 rings (SSSR count). The van der Waals surface area contributed by atoms with Gasteiger partial charge in [-0.15, -0.1) is 0 Å². The second kappa shape index (κ2) is 2.34. The number of hydrogen-bond donors (Lipinski definition) is 1. The van der Waals surface area contributed by atoms with Gasteiger partial charge in [-0.2, -0.15) is 5.10 Å². The fraction of sp³-hybridized carbons (Fsp3) is 0.250. The first kappa shape index (κ1) is 6.34. The molecule has 0 fully saturated rings. The molecule has 0 saturated carbocycles. The molecule has 1 N–H and O–H groups in total. The van der Waals surface area contributed by atoms with E-state index in [1.165, 1.54) is 5.56 Å². The zero-order valence-corrected chi connectivity index (χ0v) is 6.28. The molecule has 3 nitrogen and oxygen atoms in total. The Morgan fingerprint density at radius 2 is 2.45 bits per heavy atom. The molecule has 3 heteroatoms. The van der Waals surface area contributed by atoms with Crippen LogP contribution in [0, 0.1) is 0 Å². The molecule has 1 aromatic rings. The summed E-state index contributed by atoms with van der Waals surface area (Å²) in [6, 6.07) is 2.32. The standard InChI is InChI=1S/C8H9N3/c1-6-8-2-3-9-4-7(8)5-10-11-6/h2-6,11H,1H3/t6-/m0/s1. The Bertz CT molecular complexity index is 293. The van der Waals surface area contributed by atoms with Crippen molar-refractivity contribution in [1.82, 2.24) is 10.4 Å². The highest BCUT2D eigenvalue weighted by molar-refractivity contribution is 5.82. The quantitative estimate of drug-likeness (QED) is 0.596. The summed E-state index contributed by atoms with van der Waals surface area (Å²) in [5, 5.41) is 3.98. The van der Waals surface area contributed by atoms with Crippen molar-refractivity contribution >= 4 is 6.21 Å². The average molecular weight is 147 g/mol. The minimum Gasteiger partial charge on any atom is -0.303 e. The Morgan fingerprint density at radius 1 is 1.55 bits per heavy atom. The molecule has 0 bridgehead atoms. The van der Waals surface area contributed by atoms with Crippen LogP contribution in [-0.4, -0.2) is 11.2 Å². The molecular weight excluding hydrogens is 138 g/mol. The van der Waals surface area contributed by atoms with E-state index in [0.29, 0.717) is 6.04 Å². The van der Waals surface area contributed by atoms with Crippen molar-refractivity contribution < 1.29 is 0 Å². The van der Waals surface area contributed by atoms with Gasteiger partial charge in [0.1, 0.15) is 0 Å². The highest BCUT2D eigenvalue weighted by Crippen LogP contribution is 2.17. The molecule has 0 radical (unpaired) electrons. The van der Waals surface area contributed by atoms with Crippen LogP contribution in [0.3, 0.4) is 0 Å². The van der Waals surface area contributed by atoms with E-state index < -0.39 is 0 Å². The van der Waals surface area contributed by atoms with Crippen molar-refractivity contribution in [1.29, 1.82) is 0 Å². The summed E-state index contributed by atoms with van der Waals surface area (Å²) in [5.41, 5.74) is 5.35. The van der Waals surface area contributed by atoms with Crippen LogP contribution in [0.5, 0.6) is 0 Å². The van der Waals surface area contributed by atoms with Gasteiger partial charge in [0.15, 0.2) is 0 Å². The lowest BCUT2D eigenvalue weighted by Crippen LogP contribution is -2.18. The number of hydrazone groups is 1. The molecule has 0 unspecified atom stereocenters. The van der Waals surface area contributed by atoms with Gasteiger partial charge in [-0.25, -0.2) is 0 Å². The summed E-state index contributed by atoms with van der Waals surface area (Å²) in [6.45, 7) is 2.08. The lowest BCUT2D eigenvalue weighted by Gasteiger charge is -2.17. The minimum atomic E-state index is 0.304. The second-order valence-electron chi connectivity index (χ2n) is 2.61. The lowest BCUT2D eigenvalue weighted by molar-refractivity contribution is 0.597. The Kier molecular flexibility index (Phi) is 1.35. The number of rotatable bonds is 0. The summed E-state index contributed by atoms with van der Waals surface area (Å²) in [4.78, 5) is 4.01. The smallest absolute Gasteiger partial charge is 0.0668 e. The van der Waals surface area contributed by atoms with Gasteiger partial charge in [0.2, 0.25) is 0 Å². The maximum absolute atomic E-state index is 4.01. The van der Waals surface area contributed by atoms with E-state index in [-0.39, 0.29) is 0 Å². The first-order valence-electron chi connectivity index (χ1n) is 3.60. The number of aromatic nitrogens is 1. The van der Waals surface area contributed by atoms with E-state index in [1.807, 2.05) is 12.3 Å². The highest BCUT2D eigenvalue weighted by atomic mass is 15.3. The fourth-order valence-electron chi connectivity index (χ4n) is 1.21. The number of pyridine rings is 1. The van der Waals surface area contributed by atoms with Gasteiger partial charge in [-0.05, 0) is 18.6 Å². The topological polar surface area (TPSA) is 37.3 Å². The van der Waals surface area contributed by atoms with Crippen molar-refractivity contribution in [3.8, 4) is 0 Å². The largest absolute Gasteiger partial charge is 0.303 e. The van der Waals surface area contributed by atoms with Crippen LogP contribution in [0.4, 0.5) is 0 Å². The van der Waals surface area contributed by atoms with Crippen LogP contribution in [0.1, 0.15) is 24.1 Å². The second-order valence-corrected chi connectivity index (χ2v) is 2.61. The van der Waals surface area contributed by atoms with Crippen LogP contribution in [0.2, 0.25) is 0 Å². The average Bonchev–Trinajstić information content (AvgIpc) is 2.06. The van der Waals surface area contributed by atoms with Gasteiger partial charge in [-0.1, -0.05) is 0 Å². The molecule has 1 aliphatic heterocycles. The molecule has 1 aliphatic rings. The first-order valence-corrected chi connectivity index (χ1v) is 3.60. The summed E-state index contributed by atoms with van der Waals surface area (Å²) >= 11 is 0.